The molecule has 2 aromatic heterocycles. The Kier molecular flexibility index (Phi) is 14.9. The van der Waals surface area contributed by atoms with Crippen LogP contribution in [0.2, 0.25) is 0 Å². The van der Waals surface area contributed by atoms with E-state index in [9.17, 15) is 23.1 Å². The Morgan fingerprint density at radius 3 is 2.40 bits per heavy atom. The van der Waals surface area contributed by atoms with Crippen molar-refractivity contribution >= 4 is 39.2 Å². The van der Waals surface area contributed by atoms with Crippen LogP contribution in [0.4, 0.5) is 10.2 Å². The average Bonchev–Trinajstić information content (AvgIpc) is 3.62. The minimum Gasteiger partial charge on any atom is -0.507 e. The van der Waals surface area contributed by atoms with Crippen molar-refractivity contribution in [2.75, 3.05) is 32.0 Å². The van der Waals surface area contributed by atoms with Crippen molar-refractivity contribution in [3.8, 4) is 5.75 Å². The monoisotopic (exact) mass is 695 g/mol. The van der Waals surface area contributed by atoms with Gasteiger partial charge in [-0.3, -0.25) is 18.3 Å². The number of benzene rings is 1. The van der Waals surface area contributed by atoms with E-state index in [2.05, 4.69) is 47.5 Å². The van der Waals surface area contributed by atoms with Crippen LogP contribution in [0.3, 0.4) is 0 Å². The van der Waals surface area contributed by atoms with E-state index in [0.717, 1.165) is 32.0 Å². The van der Waals surface area contributed by atoms with Gasteiger partial charge in [0.05, 0.1) is 18.5 Å². The molecule has 3 heterocycles. The summed E-state index contributed by atoms with van der Waals surface area (Å²) in [6.45, 7) is 11.4. The number of ether oxygens (including phenoxy) is 2. The van der Waals surface area contributed by atoms with E-state index in [-0.39, 0.29) is 29.0 Å². The van der Waals surface area contributed by atoms with Gasteiger partial charge in [-0.05, 0) is 38.2 Å². The number of nitrogen functional groups attached to an aromatic ring is 1. The number of phenolic OH excluding ortho intramolecular Hbond substituents is 1. The Morgan fingerprint density at radius 2 is 1.75 bits per heavy atom. The summed E-state index contributed by atoms with van der Waals surface area (Å²) in [5.41, 5.74) is 5.85. The zero-order chi connectivity index (χ0) is 35.3. The second-order valence-electron chi connectivity index (χ2n) is 11.0. The quantitative estimate of drug-likeness (QED) is 0.145. The van der Waals surface area contributed by atoms with Gasteiger partial charge in [0.25, 0.3) is 5.91 Å². The molecular formula is C31H46FN7O8S. The Hall–Kier alpha value is -3.93. The first kappa shape index (κ1) is 38.5. The molecular weight excluding hydrogens is 649 g/mol. The van der Waals surface area contributed by atoms with E-state index in [0.29, 0.717) is 6.42 Å². The number of alkyl halides is 1. The highest BCUT2D eigenvalue weighted by molar-refractivity contribution is 7.85. The molecule has 1 aromatic carbocycles. The number of carbonyl (C=O) groups excluding carboxylic acids is 2. The number of unbranched alkanes of at least 4 members (excludes halogenated alkanes) is 4. The van der Waals surface area contributed by atoms with Crippen LogP contribution in [0, 0.1) is 0 Å². The number of para-hydroxylation sites is 1. The van der Waals surface area contributed by atoms with Gasteiger partial charge >= 0.3 is 16.3 Å². The smallest absolute Gasteiger partial charge is 0.362 e. The second kappa shape index (κ2) is 18.6. The van der Waals surface area contributed by atoms with Gasteiger partial charge in [0.1, 0.15) is 23.7 Å². The fraction of sp³-hybridized carbons (Fsp3) is 0.581. The summed E-state index contributed by atoms with van der Waals surface area (Å²) in [4.78, 5) is 39.3. The molecule has 0 spiro atoms. The number of esters is 1. The summed E-state index contributed by atoms with van der Waals surface area (Å²) in [5, 5.41) is 9.81. The largest absolute Gasteiger partial charge is 0.507 e. The van der Waals surface area contributed by atoms with Gasteiger partial charge in [-0.15, -0.1) is 0 Å². The second-order valence-corrected chi connectivity index (χ2v) is 12.4. The molecule has 1 amide bonds. The van der Waals surface area contributed by atoms with Crippen molar-refractivity contribution in [3.63, 3.8) is 0 Å². The zero-order valence-electron chi connectivity index (χ0n) is 27.7. The van der Waals surface area contributed by atoms with Gasteiger partial charge in [-0.2, -0.15) is 8.42 Å². The molecule has 15 nitrogen and oxygen atoms in total. The first-order chi connectivity index (χ1) is 23.0. The van der Waals surface area contributed by atoms with Gasteiger partial charge in [-0.1, -0.05) is 65.5 Å². The summed E-state index contributed by atoms with van der Waals surface area (Å²) in [6.07, 6.45) is 0.438. The van der Waals surface area contributed by atoms with E-state index in [1.165, 1.54) is 54.8 Å². The van der Waals surface area contributed by atoms with Gasteiger partial charge in [0.15, 0.2) is 30.0 Å². The minimum absolute atomic E-state index is 0.0396. The molecule has 0 aliphatic carbocycles. The fourth-order valence-electron chi connectivity index (χ4n) is 5.02. The van der Waals surface area contributed by atoms with Crippen LogP contribution in [0.5, 0.6) is 5.75 Å². The molecule has 48 heavy (non-hydrogen) atoms. The van der Waals surface area contributed by atoms with Crippen LogP contribution >= 0.6 is 0 Å². The fourth-order valence-corrected chi connectivity index (χ4v) is 5.73. The van der Waals surface area contributed by atoms with Gasteiger partial charge < -0.3 is 25.2 Å². The maximum absolute atomic E-state index is 15.8. The number of hydrogen-bond donors (Lipinski definition) is 3. The number of aromatic hydroxyl groups is 1. The highest BCUT2D eigenvalue weighted by atomic mass is 32.2. The van der Waals surface area contributed by atoms with Crippen molar-refractivity contribution in [2.45, 2.75) is 90.8 Å². The molecule has 3 aromatic rings. The molecule has 4 atom stereocenters. The molecule has 266 valence electrons. The molecule has 1 aliphatic heterocycles. The molecule has 1 fully saturated rings. The highest BCUT2D eigenvalue weighted by Gasteiger charge is 2.49. The van der Waals surface area contributed by atoms with Crippen molar-refractivity contribution in [3.05, 3.63) is 42.5 Å². The topological polar surface area (TPSA) is 201 Å². The predicted molar refractivity (Wildman–Crippen MR) is 176 cm³/mol. The number of carbonyl (C=O) groups is 2. The number of nitrogens with two attached hydrogens (primary N) is 1. The van der Waals surface area contributed by atoms with Crippen molar-refractivity contribution < 1.29 is 41.2 Å². The number of imidazole rings is 1. The standard InChI is InChI=1S/C25H31FN6O8S.C6H15N/c1-2-3-4-5-6-11-18(34)40-21-17(12-38-41(36,37)31-24(35)15-9-7-8-10-16(15)33)39-25(19(21)26)32-14-30-20-22(27)28-13-29-23(20)32;1-4-7(5-2)6-3/h7-10,13-14,17,19,21,25,33H,2-6,11-12H2,1H3,(H,31,35)(H2,27,28,29);4-6H2,1-3H3/t17-,19-,21-,25-;/m1./s1. The highest BCUT2D eigenvalue weighted by Crippen LogP contribution is 2.36. The van der Waals surface area contributed by atoms with E-state index in [1.807, 2.05) is 0 Å². The van der Waals surface area contributed by atoms with Crippen LogP contribution in [-0.2, 0) is 28.8 Å². The summed E-state index contributed by atoms with van der Waals surface area (Å²) in [5.74, 6) is -2.22. The number of halogens is 1. The Bertz CT molecular complexity index is 1580. The molecule has 0 unspecified atom stereocenters. The van der Waals surface area contributed by atoms with Crippen LogP contribution in [-0.4, -0.2) is 94.4 Å². The van der Waals surface area contributed by atoms with E-state index in [1.54, 1.807) is 4.72 Å². The van der Waals surface area contributed by atoms with E-state index >= 15 is 4.39 Å². The summed E-state index contributed by atoms with van der Waals surface area (Å²) in [6, 6.07) is 5.30. The molecule has 17 heteroatoms. The van der Waals surface area contributed by atoms with Crippen LogP contribution in [0.1, 0.15) is 82.8 Å². The Morgan fingerprint density at radius 1 is 1.06 bits per heavy atom. The molecule has 4 N–H and O–H groups in total. The number of nitrogens with one attached hydrogen (secondary N) is 1. The summed E-state index contributed by atoms with van der Waals surface area (Å²) in [7, 11) is -4.75. The maximum atomic E-state index is 15.8. The van der Waals surface area contributed by atoms with Gasteiger partial charge in [0, 0.05) is 6.42 Å². The third-order valence-corrected chi connectivity index (χ3v) is 8.66. The Balaban J connectivity index is 0.000000804. The van der Waals surface area contributed by atoms with Crippen LogP contribution < -0.4 is 10.5 Å². The minimum atomic E-state index is -4.75. The third kappa shape index (κ3) is 10.5. The number of rotatable bonds is 16. The van der Waals surface area contributed by atoms with Crippen LogP contribution in [0.15, 0.2) is 36.9 Å². The summed E-state index contributed by atoms with van der Waals surface area (Å²) >= 11 is 0. The van der Waals surface area contributed by atoms with Crippen molar-refractivity contribution in [1.82, 2.24) is 29.1 Å². The van der Waals surface area contributed by atoms with Crippen LogP contribution in [0.25, 0.3) is 11.2 Å². The normalized spacial score (nSPS) is 19.2. The number of anilines is 1. The first-order valence-corrected chi connectivity index (χ1v) is 17.5. The predicted octanol–water partition coefficient (Wildman–Crippen LogP) is 3.66. The molecule has 0 saturated carbocycles. The van der Waals surface area contributed by atoms with Gasteiger partial charge in [-0.25, -0.2) is 24.1 Å². The molecule has 1 aliphatic rings. The lowest BCUT2D eigenvalue weighted by molar-refractivity contribution is -0.154. The SMILES string of the molecule is CCCCCCCC(=O)O[C@H]1[C@@H](F)[C@H](n2cnc3c(N)ncnc32)O[C@@H]1COS(=O)(=O)NC(=O)c1ccccc1O.CCN(CC)CC. The molecule has 0 bridgehead atoms. The first-order valence-electron chi connectivity index (χ1n) is 16.1. The zero-order valence-corrected chi connectivity index (χ0v) is 28.6. The van der Waals surface area contributed by atoms with Crippen molar-refractivity contribution in [1.29, 1.82) is 0 Å². The maximum Gasteiger partial charge on any atom is 0.362 e. The number of nitrogens with zero attached hydrogens (tertiary/aromatic N) is 5. The lowest BCUT2D eigenvalue weighted by Crippen LogP contribution is -2.39. The number of phenols is 1. The number of hydrogen-bond acceptors (Lipinski definition) is 13. The van der Waals surface area contributed by atoms with E-state index < -0.39 is 59.1 Å². The number of amides is 1. The Labute approximate surface area is 280 Å². The number of aromatic nitrogens is 4. The lowest BCUT2D eigenvalue weighted by atomic mass is 10.1. The van der Waals surface area contributed by atoms with E-state index in [4.69, 9.17) is 19.4 Å². The number of fused-ring (bicyclic) bond motifs is 1. The average molecular weight is 696 g/mol. The molecule has 4 rings (SSSR count). The van der Waals surface area contributed by atoms with Crippen molar-refractivity contribution in [2.24, 2.45) is 0 Å². The molecule has 0 radical (unpaired) electrons. The van der Waals surface area contributed by atoms with Gasteiger partial charge in [0.2, 0.25) is 0 Å². The lowest BCUT2D eigenvalue weighted by Gasteiger charge is -2.19. The molecule has 1 saturated heterocycles. The summed E-state index contributed by atoms with van der Waals surface area (Å²) < 4.78 is 59.8. The third-order valence-electron chi connectivity index (χ3n) is 7.78.